The number of hydrogen-bond donors (Lipinski definition) is 2. The number of ether oxygens (including phenoxy) is 1. The third kappa shape index (κ3) is 4.31. The minimum Gasteiger partial charge on any atom is -0.496 e. The predicted molar refractivity (Wildman–Crippen MR) is 108 cm³/mol. The summed E-state index contributed by atoms with van der Waals surface area (Å²) in [7, 11) is 1.62. The fourth-order valence-electron chi connectivity index (χ4n) is 4.18. The van der Waals surface area contributed by atoms with Gasteiger partial charge in [-0.15, -0.1) is 0 Å². The van der Waals surface area contributed by atoms with E-state index in [0.717, 1.165) is 62.0 Å². The number of benzene rings is 1. The van der Waals surface area contributed by atoms with E-state index in [4.69, 9.17) is 4.74 Å². The van der Waals surface area contributed by atoms with Crippen LogP contribution in [-0.4, -0.2) is 42.7 Å². The van der Waals surface area contributed by atoms with Gasteiger partial charge >= 0.3 is 0 Å². The van der Waals surface area contributed by atoms with Gasteiger partial charge in [0.2, 0.25) is 0 Å². The van der Waals surface area contributed by atoms with Crippen molar-refractivity contribution in [1.82, 2.24) is 9.38 Å². The van der Waals surface area contributed by atoms with Gasteiger partial charge in [-0.2, -0.15) is 0 Å². The largest absolute Gasteiger partial charge is 0.496 e. The van der Waals surface area contributed by atoms with Crippen molar-refractivity contribution < 1.29 is 18.9 Å². The number of fused-ring (bicyclic) bond motifs is 1. The summed E-state index contributed by atoms with van der Waals surface area (Å²) < 4.78 is 20.6. The maximum Gasteiger partial charge on any atom is 0.258 e. The minimum atomic E-state index is -0.228. The summed E-state index contributed by atoms with van der Waals surface area (Å²) in [4.78, 5) is 20.0. The van der Waals surface area contributed by atoms with Crippen LogP contribution in [0.15, 0.2) is 47.3 Å². The van der Waals surface area contributed by atoms with E-state index in [2.05, 4.69) is 4.98 Å². The molecule has 6 nitrogen and oxygen atoms in total. The van der Waals surface area contributed by atoms with Crippen LogP contribution in [0.2, 0.25) is 0 Å². The van der Waals surface area contributed by atoms with Crippen molar-refractivity contribution >= 4 is 5.65 Å². The van der Waals surface area contributed by atoms with Crippen molar-refractivity contribution in [3.63, 3.8) is 0 Å². The van der Waals surface area contributed by atoms with Crippen LogP contribution < -0.4 is 20.1 Å². The highest BCUT2D eigenvalue weighted by molar-refractivity contribution is 5.40. The van der Waals surface area contributed by atoms with Crippen molar-refractivity contribution in [2.75, 3.05) is 33.3 Å². The summed E-state index contributed by atoms with van der Waals surface area (Å²) >= 11 is 0. The number of methoxy groups -OCH3 is 1. The maximum atomic E-state index is 13.6. The molecular formula is C22H27FN4O2+2. The third-order valence-electron chi connectivity index (χ3n) is 5.71. The monoisotopic (exact) mass is 398 g/mol. The molecule has 1 aliphatic rings. The first-order valence-electron chi connectivity index (χ1n) is 10.0. The van der Waals surface area contributed by atoms with E-state index in [1.54, 1.807) is 29.7 Å². The Bertz CT molecular complexity index is 1070. The molecule has 1 aromatic carbocycles. The number of nitrogens with zero attached hydrogens (tertiary/aromatic N) is 2. The van der Waals surface area contributed by atoms with E-state index in [0.29, 0.717) is 5.65 Å². The topological polar surface area (TPSA) is 52.5 Å². The highest BCUT2D eigenvalue weighted by Gasteiger charge is 2.25. The first-order valence-corrected chi connectivity index (χ1v) is 10.0. The van der Waals surface area contributed by atoms with Crippen LogP contribution >= 0.6 is 0 Å². The lowest BCUT2D eigenvalue weighted by Gasteiger charge is -2.29. The molecule has 0 radical (unpaired) electrons. The SMILES string of the molecule is COc1ccc(F)cc1C[NH+]1CC[NH+](Cc2cc(=O)n3c(C)cccc3n2)CC1. The van der Waals surface area contributed by atoms with Crippen molar-refractivity contribution in [2.24, 2.45) is 0 Å². The lowest BCUT2D eigenvalue weighted by Crippen LogP contribution is -3.27. The molecule has 3 aromatic rings. The Morgan fingerprint density at radius 2 is 1.79 bits per heavy atom. The van der Waals surface area contributed by atoms with E-state index in [9.17, 15) is 9.18 Å². The van der Waals surface area contributed by atoms with Gasteiger partial charge in [-0.3, -0.25) is 9.20 Å². The molecule has 7 heteroatoms. The molecule has 0 aliphatic carbocycles. The molecule has 0 unspecified atom stereocenters. The second kappa shape index (κ2) is 8.31. The Labute approximate surface area is 169 Å². The van der Waals surface area contributed by atoms with Crippen LogP contribution in [0.1, 0.15) is 17.0 Å². The normalized spacial score (nSPS) is 19.4. The molecule has 4 rings (SSSR count). The van der Waals surface area contributed by atoms with Gasteiger partial charge in [0.25, 0.3) is 5.56 Å². The van der Waals surface area contributed by atoms with Crippen molar-refractivity contribution in [3.8, 4) is 5.75 Å². The zero-order valence-electron chi connectivity index (χ0n) is 16.9. The molecule has 0 amide bonds. The van der Waals surface area contributed by atoms with Gasteiger partial charge in [-0.25, -0.2) is 9.37 Å². The van der Waals surface area contributed by atoms with Crippen molar-refractivity contribution in [3.05, 3.63) is 75.6 Å². The molecule has 0 saturated carbocycles. The highest BCUT2D eigenvalue weighted by atomic mass is 19.1. The fraction of sp³-hybridized carbons (Fsp3) is 0.364. The molecule has 2 aromatic heterocycles. The zero-order chi connectivity index (χ0) is 20.4. The quantitative estimate of drug-likeness (QED) is 0.617. The van der Waals surface area contributed by atoms with Gasteiger partial charge in [0.1, 0.15) is 62.2 Å². The molecule has 0 atom stereocenters. The standard InChI is InChI=1S/C22H25FN4O2/c1-16-4-3-5-21-24-19(13-22(28)27(16)21)15-26-10-8-25(9-11-26)14-17-12-18(23)6-7-20(17)29-2/h3-7,12-13H,8-11,14-15H2,1-2H3/p+2. The second-order valence-corrected chi connectivity index (χ2v) is 7.76. The minimum absolute atomic E-state index is 0.0232. The number of aromatic nitrogens is 2. The van der Waals surface area contributed by atoms with Crippen molar-refractivity contribution in [2.45, 2.75) is 20.0 Å². The fourth-order valence-corrected chi connectivity index (χ4v) is 4.18. The van der Waals surface area contributed by atoms with Crippen LogP contribution in [0.5, 0.6) is 5.75 Å². The third-order valence-corrected chi connectivity index (χ3v) is 5.71. The zero-order valence-corrected chi connectivity index (χ0v) is 16.9. The van der Waals surface area contributed by atoms with E-state index < -0.39 is 0 Å². The van der Waals surface area contributed by atoms with Crippen LogP contribution in [-0.2, 0) is 13.1 Å². The van der Waals surface area contributed by atoms with Crippen LogP contribution in [0, 0.1) is 12.7 Å². The molecule has 1 fully saturated rings. The van der Waals surface area contributed by atoms with Crippen LogP contribution in [0.3, 0.4) is 0 Å². The predicted octanol–water partition coefficient (Wildman–Crippen LogP) is -0.366. The molecule has 1 saturated heterocycles. The Morgan fingerprint density at radius 1 is 1.07 bits per heavy atom. The van der Waals surface area contributed by atoms with Gasteiger partial charge in [-0.05, 0) is 37.3 Å². The number of quaternary nitrogens is 2. The Balaban J connectivity index is 1.40. The number of rotatable bonds is 5. The summed E-state index contributed by atoms with van der Waals surface area (Å²) in [5.74, 6) is 0.512. The summed E-state index contributed by atoms with van der Waals surface area (Å²) in [6.45, 7) is 7.36. The number of aryl methyl sites for hydroxylation is 1. The number of nitrogens with one attached hydrogen (secondary N) is 2. The van der Waals surface area contributed by atoms with E-state index >= 15 is 0 Å². The van der Waals surface area contributed by atoms with E-state index in [-0.39, 0.29) is 11.4 Å². The second-order valence-electron chi connectivity index (χ2n) is 7.76. The average Bonchev–Trinajstić information content (AvgIpc) is 2.69. The van der Waals surface area contributed by atoms with Gasteiger partial charge in [0.05, 0.1) is 12.7 Å². The molecular weight excluding hydrogens is 371 g/mol. The van der Waals surface area contributed by atoms with Gasteiger partial charge in [-0.1, -0.05) is 6.07 Å². The molecule has 0 spiro atoms. The maximum absolute atomic E-state index is 13.6. The van der Waals surface area contributed by atoms with E-state index in [1.807, 2.05) is 25.1 Å². The summed E-state index contributed by atoms with van der Waals surface area (Å²) in [6.07, 6.45) is 0. The molecule has 1 aliphatic heterocycles. The molecule has 2 N–H and O–H groups in total. The average molecular weight is 398 g/mol. The number of hydrogen-bond acceptors (Lipinski definition) is 3. The lowest BCUT2D eigenvalue weighted by atomic mass is 10.1. The van der Waals surface area contributed by atoms with Crippen molar-refractivity contribution in [1.29, 1.82) is 0 Å². The summed E-state index contributed by atoms with van der Waals surface area (Å²) in [5, 5.41) is 0. The number of halogens is 1. The molecule has 152 valence electrons. The van der Waals surface area contributed by atoms with E-state index in [1.165, 1.54) is 15.9 Å². The number of pyridine rings is 1. The van der Waals surface area contributed by atoms with Crippen LogP contribution in [0.4, 0.5) is 4.39 Å². The summed E-state index contributed by atoms with van der Waals surface area (Å²) in [6, 6.07) is 12.1. The lowest BCUT2D eigenvalue weighted by molar-refractivity contribution is -1.02. The highest BCUT2D eigenvalue weighted by Crippen LogP contribution is 2.18. The van der Waals surface area contributed by atoms with Gasteiger partial charge in [0.15, 0.2) is 0 Å². The smallest absolute Gasteiger partial charge is 0.258 e. The van der Waals surface area contributed by atoms with Crippen LogP contribution in [0.25, 0.3) is 5.65 Å². The Morgan fingerprint density at radius 3 is 2.52 bits per heavy atom. The molecule has 29 heavy (non-hydrogen) atoms. The first kappa shape index (κ1) is 19.5. The first-order chi connectivity index (χ1) is 14.0. The molecule has 3 heterocycles. The Kier molecular flexibility index (Phi) is 5.60. The summed E-state index contributed by atoms with van der Waals surface area (Å²) in [5.41, 5.74) is 3.32. The Hall–Kier alpha value is -2.77. The van der Waals surface area contributed by atoms with Gasteiger partial charge < -0.3 is 14.5 Å². The number of piperazine rings is 1. The van der Waals surface area contributed by atoms with Gasteiger partial charge in [0, 0.05) is 11.8 Å². The molecule has 0 bridgehead atoms.